The van der Waals surface area contributed by atoms with Crippen LogP contribution in [0.1, 0.15) is 70.7 Å². The van der Waals surface area contributed by atoms with E-state index >= 15 is 0 Å². The monoisotopic (exact) mass is 552 g/mol. The molecule has 0 radical (unpaired) electrons. The van der Waals surface area contributed by atoms with Gasteiger partial charge in [0.1, 0.15) is 0 Å². The molecule has 42 heavy (non-hydrogen) atoms. The minimum atomic E-state index is -0.219. The molecule has 2 amide bonds. The fourth-order valence-electron chi connectivity index (χ4n) is 5.16. The van der Waals surface area contributed by atoms with E-state index in [1.807, 2.05) is 60.7 Å². The number of nitrogens with one attached hydrogen (secondary N) is 2. The van der Waals surface area contributed by atoms with Gasteiger partial charge in [-0.3, -0.25) is 9.59 Å². The van der Waals surface area contributed by atoms with E-state index < -0.39 is 0 Å². The number of rotatable bonds is 8. The van der Waals surface area contributed by atoms with Crippen molar-refractivity contribution in [1.82, 2.24) is 0 Å². The van der Waals surface area contributed by atoms with Gasteiger partial charge in [-0.05, 0) is 70.8 Å². The van der Waals surface area contributed by atoms with Crippen LogP contribution in [0, 0.1) is 0 Å². The van der Waals surface area contributed by atoms with Crippen LogP contribution in [0.2, 0.25) is 0 Å². The van der Waals surface area contributed by atoms with Crippen molar-refractivity contribution in [3.63, 3.8) is 0 Å². The fourth-order valence-corrected chi connectivity index (χ4v) is 5.16. The van der Waals surface area contributed by atoms with E-state index in [9.17, 15) is 9.59 Å². The average molecular weight is 553 g/mol. The van der Waals surface area contributed by atoms with Gasteiger partial charge in [0.25, 0.3) is 11.8 Å². The molecule has 0 aliphatic heterocycles. The minimum absolute atomic E-state index is 0.118. The van der Waals surface area contributed by atoms with Crippen molar-refractivity contribution in [2.45, 2.75) is 38.5 Å². The van der Waals surface area contributed by atoms with Crippen molar-refractivity contribution >= 4 is 23.2 Å². The van der Waals surface area contributed by atoms with Crippen LogP contribution < -0.4 is 10.6 Å². The maximum Gasteiger partial charge on any atom is 0.255 e. The Morgan fingerprint density at radius 1 is 0.405 bits per heavy atom. The van der Waals surface area contributed by atoms with E-state index in [2.05, 4.69) is 86.9 Å². The summed E-state index contributed by atoms with van der Waals surface area (Å²) in [5, 5.41) is 5.95. The number of anilines is 2. The lowest BCUT2D eigenvalue weighted by molar-refractivity contribution is 0.101. The summed E-state index contributed by atoms with van der Waals surface area (Å²) in [5.41, 5.74) is 7.13. The van der Waals surface area contributed by atoms with Gasteiger partial charge in [0, 0.05) is 33.3 Å². The third-order valence-electron chi connectivity index (χ3n) is 8.13. The predicted molar refractivity (Wildman–Crippen MR) is 172 cm³/mol. The Bertz CT molecular complexity index is 1530. The first-order valence-corrected chi connectivity index (χ1v) is 14.2. The van der Waals surface area contributed by atoms with Crippen LogP contribution in [0.4, 0.5) is 11.4 Å². The average Bonchev–Trinajstić information content (AvgIpc) is 3.02. The van der Waals surface area contributed by atoms with Gasteiger partial charge in [0.15, 0.2) is 0 Å². The molecule has 5 rings (SSSR count). The van der Waals surface area contributed by atoms with Gasteiger partial charge < -0.3 is 10.6 Å². The largest absolute Gasteiger partial charge is 0.322 e. The van der Waals surface area contributed by atoms with Crippen LogP contribution in [0.3, 0.4) is 0 Å². The van der Waals surface area contributed by atoms with Gasteiger partial charge in [-0.2, -0.15) is 0 Å². The first kappa shape index (κ1) is 28.6. The molecule has 5 aromatic rings. The summed E-state index contributed by atoms with van der Waals surface area (Å²) in [7, 11) is 0. The molecule has 0 aliphatic carbocycles. The van der Waals surface area contributed by atoms with E-state index in [0.717, 1.165) is 11.4 Å². The highest BCUT2D eigenvalue weighted by Crippen LogP contribution is 2.36. The number of hydrogen-bond acceptors (Lipinski definition) is 2. The van der Waals surface area contributed by atoms with Crippen LogP contribution in [0.15, 0.2) is 133 Å². The van der Waals surface area contributed by atoms with Crippen LogP contribution in [0.5, 0.6) is 0 Å². The SMILES string of the molecule is CC(C)(c1ccc(NC(=O)c2ccccc2)cc1)c1ccc(C(C)(C)c2ccc(NC(=O)c3ccccc3)cc2)cc1. The Hall–Kier alpha value is -4.96. The maximum absolute atomic E-state index is 12.5. The summed E-state index contributed by atoms with van der Waals surface area (Å²) < 4.78 is 0. The smallest absolute Gasteiger partial charge is 0.255 e. The Morgan fingerprint density at radius 3 is 0.952 bits per heavy atom. The molecule has 0 atom stereocenters. The second-order valence-electron chi connectivity index (χ2n) is 11.6. The lowest BCUT2D eigenvalue weighted by atomic mass is 9.74. The molecule has 0 fully saturated rings. The molecule has 0 bridgehead atoms. The first-order chi connectivity index (χ1) is 20.1. The van der Waals surface area contributed by atoms with Gasteiger partial charge in [-0.1, -0.05) is 113 Å². The highest BCUT2D eigenvalue weighted by atomic mass is 16.2. The summed E-state index contributed by atoms with van der Waals surface area (Å²) in [6, 6.07) is 43.4. The highest BCUT2D eigenvalue weighted by Gasteiger charge is 2.26. The number of carbonyl (C=O) groups excluding carboxylic acids is 2. The standard InChI is InChI=1S/C38H36N2O2/c1-37(2,31-19-23-33(24-20-31)39-35(41)27-11-7-5-8-12-27)29-15-17-30(18-16-29)38(3,4)32-21-25-34(26-22-32)40-36(42)28-13-9-6-10-14-28/h5-26H,1-4H3,(H,39,41)(H,40,42). The third-order valence-corrected chi connectivity index (χ3v) is 8.13. The molecule has 0 saturated heterocycles. The topological polar surface area (TPSA) is 58.2 Å². The summed E-state index contributed by atoms with van der Waals surface area (Å²) in [6.45, 7) is 8.86. The third kappa shape index (κ3) is 6.18. The molecule has 4 heteroatoms. The predicted octanol–water partition coefficient (Wildman–Crippen LogP) is 8.84. The van der Waals surface area contributed by atoms with Gasteiger partial charge in [-0.15, -0.1) is 0 Å². The van der Waals surface area contributed by atoms with Gasteiger partial charge in [0.2, 0.25) is 0 Å². The number of hydrogen-bond donors (Lipinski definition) is 2. The Balaban J connectivity index is 1.26. The molecule has 2 N–H and O–H groups in total. The van der Waals surface area contributed by atoms with Crippen molar-refractivity contribution in [3.05, 3.63) is 167 Å². The Kier molecular flexibility index (Phi) is 8.08. The molecular formula is C38H36N2O2. The van der Waals surface area contributed by atoms with Gasteiger partial charge in [0.05, 0.1) is 0 Å². The molecule has 210 valence electrons. The highest BCUT2D eigenvalue weighted by molar-refractivity contribution is 6.04. The second kappa shape index (κ2) is 11.9. The van der Waals surface area contributed by atoms with Gasteiger partial charge >= 0.3 is 0 Å². The summed E-state index contributed by atoms with van der Waals surface area (Å²) >= 11 is 0. The van der Waals surface area contributed by atoms with Gasteiger partial charge in [-0.25, -0.2) is 0 Å². The van der Waals surface area contributed by atoms with Crippen molar-refractivity contribution in [3.8, 4) is 0 Å². The van der Waals surface area contributed by atoms with Crippen LogP contribution >= 0.6 is 0 Å². The Morgan fingerprint density at radius 2 is 0.667 bits per heavy atom. The summed E-state index contributed by atoms with van der Waals surface area (Å²) in [6.07, 6.45) is 0. The zero-order valence-corrected chi connectivity index (χ0v) is 24.5. The molecule has 0 aromatic heterocycles. The molecule has 4 nitrogen and oxygen atoms in total. The number of carbonyl (C=O) groups is 2. The van der Waals surface area contributed by atoms with E-state index in [0.29, 0.717) is 11.1 Å². The maximum atomic E-state index is 12.5. The summed E-state index contributed by atoms with van der Waals surface area (Å²) in [5.74, 6) is -0.236. The van der Waals surface area contributed by atoms with E-state index in [-0.39, 0.29) is 22.6 Å². The second-order valence-corrected chi connectivity index (χ2v) is 11.6. The van der Waals surface area contributed by atoms with Crippen molar-refractivity contribution in [1.29, 1.82) is 0 Å². The molecule has 0 saturated carbocycles. The minimum Gasteiger partial charge on any atom is -0.322 e. The quantitative estimate of drug-likeness (QED) is 0.202. The van der Waals surface area contributed by atoms with Crippen molar-refractivity contribution < 1.29 is 9.59 Å². The van der Waals surface area contributed by atoms with Crippen LogP contribution in [-0.2, 0) is 10.8 Å². The normalized spacial score (nSPS) is 11.5. The lowest BCUT2D eigenvalue weighted by Crippen LogP contribution is -2.21. The zero-order chi connectivity index (χ0) is 29.7. The van der Waals surface area contributed by atoms with E-state index in [4.69, 9.17) is 0 Å². The fraction of sp³-hybridized carbons (Fsp3) is 0.158. The molecule has 5 aromatic carbocycles. The van der Waals surface area contributed by atoms with Crippen LogP contribution in [0.25, 0.3) is 0 Å². The van der Waals surface area contributed by atoms with Crippen molar-refractivity contribution in [2.75, 3.05) is 10.6 Å². The zero-order valence-electron chi connectivity index (χ0n) is 24.5. The summed E-state index contributed by atoms with van der Waals surface area (Å²) in [4.78, 5) is 25.0. The molecule has 0 heterocycles. The molecule has 0 unspecified atom stereocenters. The Labute approximate surface area is 248 Å². The van der Waals surface area contributed by atoms with E-state index in [1.54, 1.807) is 24.3 Å². The lowest BCUT2D eigenvalue weighted by Gasteiger charge is -2.30. The van der Waals surface area contributed by atoms with Crippen molar-refractivity contribution in [2.24, 2.45) is 0 Å². The van der Waals surface area contributed by atoms with Crippen LogP contribution in [-0.4, -0.2) is 11.8 Å². The molecule has 0 spiro atoms. The number of amides is 2. The molecule has 0 aliphatic rings. The first-order valence-electron chi connectivity index (χ1n) is 14.2. The molecular weight excluding hydrogens is 516 g/mol. The number of benzene rings is 5. The van der Waals surface area contributed by atoms with E-state index in [1.165, 1.54) is 22.3 Å².